The number of benzene rings is 3. The van der Waals surface area contributed by atoms with Crippen LogP contribution in [0.4, 0.5) is 4.79 Å². The summed E-state index contributed by atoms with van der Waals surface area (Å²) in [6, 6.07) is 16.2. The molecule has 0 unspecified atom stereocenters. The number of hydrogen-bond acceptors (Lipinski definition) is 7. The van der Waals surface area contributed by atoms with Crippen LogP contribution in [0.25, 0.3) is 11.0 Å². The summed E-state index contributed by atoms with van der Waals surface area (Å²) >= 11 is 7.21. The third kappa shape index (κ3) is 4.33. The lowest BCUT2D eigenvalue weighted by molar-refractivity contribution is -0.134. The number of para-hydroxylation sites is 1. The number of furan rings is 1. The molecule has 3 aromatic carbocycles. The number of nitrogens with zero attached hydrogens (tertiary/aromatic N) is 2. The van der Waals surface area contributed by atoms with E-state index in [-0.39, 0.29) is 13.1 Å². The van der Waals surface area contributed by atoms with Gasteiger partial charge in [0.1, 0.15) is 37.8 Å². The first-order valence-electron chi connectivity index (χ1n) is 13.1. The summed E-state index contributed by atoms with van der Waals surface area (Å²) in [5, 5.41) is 0.845. The molecule has 1 fully saturated rings. The minimum Gasteiger partial charge on any atom is -0.486 e. The number of ether oxygens (including phenoxy) is 4. The second-order valence-corrected chi connectivity index (χ2v) is 11.9. The smallest absolute Gasteiger partial charge is 0.328 e. The second kappa shape index (κ2) is 9.99. The molecule has 1 aromatic heterocycles. The normalized spacial score (nSPS) is 19.8. The van der Waals surface area contributed by atoms with Crippen LogP contribution in [0.1, 0.15) is 23.8 Å². The van der Waals surface area contributed by atoms with Crippen LogP contribution < -0.4 is 18.9 Å². The number of imide groups is 1. The van der Waals surface area contributed by atoms with E-state index in [0.29, 0.717) is 70.8 Å². The zero-order valence-corrected chi connectivity index (χ0v) is 25.1. The summed E-state index contributed by atoms with van der Waals surface area (Å²) in [6.07, 6.45) is 0. The van der Waals surface area contributed by atoms with Crippen LogP contribution in [0.15, 0.2) is 68.0 Å². The molecule has 210 valence electrons. The maximum Gasteiger partial charge on any atom is 0.328 e. The van der Waals surface area contributed by atoms with E-state index in [9.17, 15) is 9.59 Å². The predicted molar refractivity (Wildman–Crippen MR) is 155 cm³/mol. The van der Waals surface area contributed by atoms with Crippen LogP contribution in [-0.4, -0.2) is 48.2 Å². The van der Waals surface area contributed by atoms with Crippen molar-refractivity contribution in [1.29, 1.82) is 0 Å². The Kier molecular flexibility index (Phi) is 6.39. The predicted octanol–water partition coefficient (Wildman–Crippen LogP) is 6.38. The Morgan fingerprint density at radius 2 is 1.29 bits per heavy atom. The average molecular weight is 684 g/mol. The summed E-state index contributed by atoms with van der Waals surface area (Å²) in [7, 11) is 0. The van der Waals surface area contributed by atoms with Crippen LogP contribution >= 0.6 is 31.9 Å². The third-order valence-corrected chi connectivity index (χ3v) is 9.12. The molecule has 4 heterocycles. The minimum absolute atomic E-state index is 0.0313. The molecule has 41 heavy (non-hydrogen) atoms. The van der Waals surface area contributed by atoms with Gasteiger partial charge >= 0.3 is 6.03 Å². The molecule has 3 aliphatic heterocycles. The van der Waals surface area contributed by atoms with E-state index in [1.165, 1.54) is 4.90 Å². The van der Waals surface area contributed by atoms with Gasteiger partial charge in [0.25, 0.3) is 5.91 Å². The molecule has 0 bridgehead atoms. The summed E-state index contributed by atoms with van der Waals surface area (Å²) in [5.74, 6) is 2.40. The fraction of sp³-hybridized carbons (Fsp3) is 0.267. The van der Waals surface area contributed by atoms with Crippen molar-refractivity contribution in [2.45, 2.75) is 25.6 Å². The highest BCUT2D eigenvalue weighted by Gasteiger charge is 2.57. The lowest BCUT2D eigenvalue weighted by atomic mass is 9.95. The van der Waals surface area contributed by atoms with Gasteiger partial charge in [-0.2, -0.15) is 0 Å². The molecule has 0 saturated carbocycles. The zero-order valence-electron chi connectivity index (χ0n) is 21.9. The van der Waals surface area contributed by atoms with E-state index in [4.69, 9.17) is 23.4 Å². The largest absolute Gasteiger partial charge is 0.486 e. The summed E-state index contributed by atoms with van der Waals surface area (Å²) < 4.78 is 30.6. The number of amides is 3. The number of hydrogen-bond donors (Lipinski definition) is 0. The maximum absolute atomic E-state index is 14.3. The van der Waals surface area contributed by atoms with Gasteiger partial charge in [-0.25, -0.2) is 4.79 Å². The van der Waals surface area contributed by atoms with E-state index >= 15 is 0 Å². The van der Waals surface area contributed by atoms with Gasteiger partial charge in [-0.3, -0.25) is 14.6 Å². The third-order valence-electron chi connectivity index (χ3n) is 7.65. The molecular weight excluding hydrogens is 660 g/mol. The fourth-order valence-electron chi connectivity index (χ4n) is 5.42. The molecule has 3 amide bonds. The molecule has 1 saturated heterocycles. The molecule has 0 N–H and O–H groups in total. The van der Waals surface area contributed by atoms with Crippen LogP contribution in [0, 0.1) is 0 Å². The first-order chi connectivity index (χ1) is 19.8. The lowest BCUT2D eigenvalue weighted by Gasteiger charge is -2.30. The highest BCUT2D eigenvalue weighted by atomic mass is 79.9. The van der Waals surface area contributed by atoms with Gasteiger partial charge in [-0.1, -0.05) is 50.1 Å². The first kappa shape index (κ1) is 26.2. The summed E-state index contributed by atoms with van der Waals surface area (Å²) in [4.78, 5) is 31.3. The van der Waals surface area contributed by atoms with Crippen molar-refractivity contribution in [1.82, 2.24) is 9.80 Å². The van der Waals surface area contributed by atoms with E-state index < -0.39 is 17.5 Å². The Morgan fingerprint density at radius 3 is 1.88 bits per heavy atom. The topological polar surface area (TPSA) is 90.7 Å². The van der Waals surface area contributed by atoms with Crippen molar-refractivity contribution in [3.8, 4) is 23.0 Å². The number of rotatable bonds is 5. The molecule has 9 nitrogen and oxygen atoms in total. The maximum atomic E-state index is 14.3. The minimum atomic E-state index is -1.41. The first-order valence-corrected chi connectivity index (χ1v) is 14.7. The average Bonchev–Trinajstić information content (AvgIpc) is 3.49. The lowest BCUT2D eigenvalue weighted by Crippen LogP contribution is -2.43. The van der Waals surface area contributed by atoms with Gasteiger partial charge in [-0.05, 0) is 54.4 Å². The SMILES string of the molecule is C[C@@]1(c2cc3ccccc3o2)C(=O)N(Cc2cc3c(cc2Br)OCCO3)C(=O)N1Cc1cc2c(cc1Br)OCCO2. The number of carbonyl (C=O) groups excluding carboxylic acids is 2. The molecule has 0 aliphatic carbocycles. The second-order valence-electron chi connectivity index (χ2n) is 10.2. The van der Waals surface area contributed by atoms with E-state index in [0.717, 1.165) is 15.4 Å². The van der Waals surface area contributed by atoms with Crippen molar-refractivity contribution >= 4 is 54.8 Å². The highest BCUT2D eigenvalue weighted by Crippen LogP contribution is 2.44. The van der Waals surface area contributed by atoms with E-state index in [1.54, 1.807) is 24.0 Å². The Balaban J connectivity index is 1.30. The quantitative estimate of drug-likeness (QED) is 0.226. The Labute approximate surface area is 252 Å². The van der Waals surface area contributed by atoms with Gasteiger partial charge < -0.3 is 23.4 Å². The highest BCUT2D eigenvalue weighted by molar-refractivity contribution is 9.10. The van der Waals surface area contributed by atoms with Crippen molar-refractivity contribution in [2.24, 2.45) is 0 Å². The van der Waals surface area contributed by atoms with Gasteiger partial charge in [0.05, 0.1) is 13.1 Å². The molecule has 0 spiro atoms. The van der Waals surface area contributed by atoms with Crippen molar-refractivity contribution in [3.63, 3.8) is 0 Å². The van der Waals surface area contributed by atoms with Gasteiger partial charge in [0.15, 0.2) is 28.5 Å². The Hall–Kier alpha value is -3.70. The van der Waals surface area contributed by atoms with Crippen LogP contribution in [0.2, 0.25) is 0 Å². The molecule has 11 heteroatoms. The molecule has 7 rings (SSSR count). The van der Waals surface area contributed by atoms with E-state index in [1.807, 2.05) is 42.5 Å². The van der Waals surface area contributed by atoms with Gasteiger partial charge in [0, 0.05) is 14.3 Å². The van der Waals surface area contributed by atoms with Crippen LogP contribution in [0.5, 0.6) is 23.0 Å². The standard InChI is InChI=1S/C30H24Br2N2O7/c1-30(27-12-17-4-2-3-5-22(17)41-27)28(35)33(15-18-10-23-25(13-20(18)31)39-8-6-37-23)29(36)34(30)16-19-11-24-26(14-21(19)32)40-9-7-38-24/h2-5,10-14H,6-9,15-16H2,1H3/t30-/m1/s1. The fourth-order valence-corrected chi connectivity index (χ4v) is 6.32. The van der Waals surface area contributed by atoms with Crippen molar-refractivity contribution in [2.75, 3.05) is 26.4 Å². The monoisotopic (exact) mass is 682 g/mol. The van der Waals surface area contributed by atoms with Gasteiger partial charge in [0.2, 0.25) is 0 Å². The van der Waals surface area contributed by atoms with Crippen LogP contribution in [-0.2, 0) is 23.4 Å². The number of halogens is 2. The summed E-state index contributed by atoms with van der Waals surface area (Å²) in [5.41, 5.74) is 0.700. The molecular formula is C30H24Br2N2O7. The molecule has 0 radical (unpaired) electrons. The molecule has 4 aromatic rings. The Bertz CT molecular complexity index is 1690. The van der Waals surface area contributed by atoms with Gasteiger partial charge in [-0.15, -0.1) is 0 Å². The van der Waals surface area contributed by atoms with Crippen LogP contribution in [0.3, 0.4) is 0 Å². The number of carbonyl (C=O) groups is 2. The van der Waals surface area contributed by atoms with Crippen molar-refractivity contribution in [3.05, 3.63) is 80.4 Å². The molecule has 1 atom stereocenters. The number of fused-ring (bicyclic) bond motifs is 3. The van der Waals surface area contributed by atoms with E-state index in [2.05, 4.69) is 31.9 Å². The zero-order chi connectivity index (χ0) is 28.3. The molecule has 3 aliphatic rings. The number of urea groups is 1. The van der Waals surface area contributed by atoms with Crippen molar-refractivity contribution < 1.29 is 33.0 Å². The summed E-state index contributed by atoms with van der Waals surface area (Å²) in [6.45, 7) is 3.67. The Morgan fingerprint density at radius 1 is 0.756 bits per heavy atom.